The smallest absolute Gasteiger partial charge is 0.422 e. The van der Waals surface area contributed by atoms with Gasteiger partial charge in [0.1, 0.15) is 5.75 Å². The Balaban J connectivity index is 1.93. The van der Waals surface area contributed by atoms with Crippen LogP contribution in [-0.2, 0) is 10.0 Å². The minimum atomic E-state index is -4.59. The van der Waals surface area contributed by atoms with Crippen LogP contribution in [0.2, 0.25) is 0 Å². The molecule has 11 heteroatoms. The molecular weight excluding hydrogens is 435 g/mol. The van der Waals surface area contributed by atoms with E-state index in [9.17, 15) is 26.4 Å². The number of anilines is 1. The van der Waals surface area contributed by atoms with Crippen LogP contribution >= 0.6 is 0 Å². The summed E-state index contributed by atoms with van der Waals surface area (Å²) in [5.41, 5.74) is 0.0412. The summed E-state index contributed by atoms with van der Waals surface area (Å²) >= 11 is 0. The number of amides is 1. The molecule has 1 aromatic heterocycles. The molecule has 168 valence electrons. The molecule has 0 radical (unpaired) electrons. The van der Waals surface area contributed by atoms with E-state index in [1.54, 1.807) is 0 Å². The van der Waals surface area contributed by atoms with Gasteiger partial charge < -0.3 is 10.1 Å². The number of aromatic nitrogens is 1. The minimum absolute atomic E-state index is 0.126. The molecule has 0 saturated carbocycles. The van der Waals surface area contributed by atoms with Crippen LogP contribution in [0, 0.1) is 0 Å². The van der Waals surface area contributed by atoms with Gasteiger partial charge in [-0.3, -0.25) is 9.78 Å². The molecule has 0 aliphatic carbocycles. The molecule has 1 N–H and O–H groups in total. The molecule has 1 saturated heterocycles. The normalized spacial score (nSPS) is 15.8. The van der Waals surface area contributed by atoms with Crippen LogP contribution in [0.4, 0.5) is 18.9 Å². The summed E-state index contributed by atoms with van der Waals surface area (Å²) in [7, 11) is -3.87. The lowest BCUT2D eigenvalue weighted by Crippen LogP contribution is -2.32. The van der Waals surface area contributed by atoms with Crippen molar-refractivity contribution in [1.29, 1.82) is 0 Å². The predicted molar refractivity (Wildman–Crippen MR) is 107 cm³/mol. The van der Waals surface area contributed by atoms with E-state index in [-0.39, 0.29) is 21.9 Å². The van der Waals surface area contributed by atoms with Crippen molar-refractivity contribution in [2.24, 2.45) is 0 Å². The monoisotopic (exact) mass is 457 g/mol. The van der Waals surface area contributed by atoms with E-state index in [2.05, 4.69) is 10.3 Å². The fourth-order valence-corrected chi connectivity index (χ4v) is 4.73. The van der Waals surface area contributed by atoms with E-state index in [4.69, 9.17) is 4.74 Å². The molecule has 1 aliphatic rings. The van der Waals surface area contributed by atoms with Crippen LogP contribution in [0.5, 0.6) is 5.75 Å². The number of benzene rings is 1. The van der Waals surface area contributed by atoms with Crippen molar-refractivity contribution >= 4 is 21.6 Å². The zero-order valence-corrected chi connectivity index (χ0v) is 17.4. The van der Waals surface area contributed by atoms with E-state index >= 15 is 0 Å². The summed E-state index contributed by atoms with van der Waals surface area (Å²) in [5, 5.41) is 2.45. The summed E-state index contributed by atoms with van der Waals surface area (Å²) in [6.07, 6.45) is 1.51. The number of hydrogen-bond donors (Lipinski definition) is 1. The summed E-state index contributed by atoms with van der Waals surface area (Å²) < 4.78 is 70.2. The van der Waals surface area contributed by atoms with Gasteiger partial charge in [-0.25, -0.2) is 8.42 Å². The third-order valence-corrected chi connectivity index (χ3v) is 6.63. The van der Waals surface area contributed by atoms with Crippen molar-refractivity contribution < 1.29 is 31.1 Å². The highest BCUT2D eigenvalue weighted by Gasteiger charge is 2.30. The number of alkyl halides is 3. The van der Waals surface area contributed by atoms with Crippen molar-refractivity contribution in [3.05, 3.63) is 48.3 Å². The van der Waals surface area contributed by atoms with Crippen LogP contribution < -0.4 is 10.1 Å². The maximum Gasteiger partial charge on any atom is 0.422 e. The van der Waals surface area contributed by atoms with Gasteiger partial charge in [-0.05, 0) is 43.2 Å². The Morgan fingerprint density at radius 1 is 1.06 bits per heavy atom. The van der Waals surface area contributed by atoms with Gasteiger partial charge in [0.25, 0.3) is 5.91 Å². The van der Waals surface area contributed by atoms with Gasteiger partial charge in [0, 0.05) is 31.0 Å². The molecule has 7 nitrogen and oxygen atoms in total. The topological polar surface area (TPSA) is 88.6 Å². The number of sulfonamides is 1. The number of ether oxygens (including phenoxy) is 1. The van der Waals surface area contributed by atoms with E-state index in [1.807, 2.05) is 0 Å². The standard InChI is InChI=1S/C20H22F3N3O4S/c21-20(22,23)14-30-18-6-5-16(31(28,29)26-11-3-1-2-4-12-26)13-17(18)25-19(27)15-7-9-24-10-8-15/h5-10,13H,1-4,11-12,14H2,(H,25,27). The van der Waals surface area contributed by atoms with E-state index < -0.39 is 28.7 Å². The summed E-state index contributed by atoms with van der Waals surface area (Å²) in [4.78, 5) is 16.2. The van der Waals surface area contributed by atoms with E-state index in [0.717, 1.165) is 37.8 Å². The number of carbonyl (C=O) groups is 1. The Kier molecular flexibility index (Phi) is 7.16. The first-order chi connectivity index (χ1) is 14.7. The zero-order chi connectivity index (χ0) is 22.5. The van der Waals surface area contributed by atoms with Gasteiger partial charge in [-0.2, -0.15) is 17.5 Å². The molecule has 2 aromatic rings. The largest absolute Gasteiger partial charge is 0.482 e. The van der Waals surface area contributed by atoms with Crippen LogP contribution in [0.3, 0.4) is 0 Å². The lowest BCUT2D eigenvalue weighted by Gasteiger charge is -2.21. The Labute approximate surface area is 178 Å². The number of nitrogens with zero attached hydrogens (tertiary/aromatic N) is 2. The fraction of sp³-hybridized carbons (Fsp3) is 0.400. The molecule has 1 aliphatic heterocycles. The van der Waals surface area contributed by atoms with Crippen molar-refractivity contribution in [2.75, 3.05) is 25.0 Å². The fourth-order valence-electron chi connectivity index (χ4n) is 3.18. The third-order valence-electron chi connectivity index (χ3n) is 4.74. The Morgan fingerprint density at radius 3 is 2.32 bits per heavy atom. The molecule has 2 heterocycles. The quantitative estimate of drug-likeness (QED) is 0.712. The van der Waals surface area contributed by atoms with Gasteiger partial charge >= 0.3 is 6.18 Å². The summed E-state index contributed by atoms with van der Waals surface area (Å²) in [6, 6.07) is 6.28. The van der Waals surface area contributed by atoms with Crippen molar-refractivity contribution in [2.45, 2.75) is 36.8 Å². The SMILES string of the molecule is O=C(Nc1cc(S(=O)(=O)N2CCCCCC2)ccc1OCC(F)(F)F)c1ccncc1. The average molecular weight is 457 g/mol. The van der Waals surface area contributed by atoms with Crippen LogP contribution in [0.15, 0.2) is 47.6 Å². The molecule has 3 rings (SSSR count). The van der Waals surface area contributed by atoms with Crippen molar-refractivity contribution in [1.82, 2.24) is 9.29 Å². The van der Waals surface area contributed by atoms with Gasteiger partial charge in [0.05, 0.1) is 10.6 Å². The van der Waals surface area contributed by atoms with Crippen LogP contribution in [0.1, 0.15) is 36.0 Å². The number of carbonyl (C=O) groups excluding carboxylic acids is 1. The Hall–Kier alpha value is -2.66. The second-order valence-electron chi connectivity index (χ2n) is 7.07. The van der Waals surface area contributed by atoms with Gasteiger partial charge in [-0.1, -0.05) is 12.8 Å². The van der Waals surface area contributed by atoms with Gasteiger partial charge in [-0.15, -0.1) is 0 Å². The van der Waals surface area contributed by atoms with Crippen LogP contribution in [0.25, 0.3) is 0 Å². The van der Waals surface area contributed by atoms with E-state index in [1.165, 1.54) is 34.9 Å². The molecular formula is C20H22F3N3O4S. The lowest BCUT2D eigenvalue weighted by atomic mass is 10.2. The highest BCUT2D eigenvalue weighted by molar-refractivity contribution is 7.89. The molecule has 31 heavy (non-hydrogen) atoms. The number of halogens is 3. The van der Waals surface area contributed by atoms with E-state index in [0.29, 0.717) is 13.1 Å². The Morgan fingerprint density at radius 2 is 1.71 bits per heavy atom. The van der Waals surface area contributed by atoms with Gasteiger partial charge in [0.15, 0.2) is 6.61 Å². The summed E-state index contributed by atoms with van der Waals surface area (Å²) in [6.45, 7) is -0.843. The zero-order valence-electron chi connectivity index (χ0n) is 16.6. The Bertz CT molecular complexity index is 1010. The third kappa shape index (κ3) is 6.17. The summed E-state index contributed by atoms with van der Waals surface area (Å²) in [5.74, 6) is -0.918. The maximum atomic E-state index is 13.1. The number of pyridine rings is 1. The first-order valence-corrected chi connectivity index (χ1v) is 11.2. The second kappa shape index (κ2) is 9.65. The maximum absolute atomic E-state index is 13.1. The van der Waals surface area contributed by atoms with Crippen LogP contribution in [-0.4, -0.2) is 49.5 Å². The molecule has 1 fully saturated rings. The molecule has 1 amide bonds. The average Bonchev–Trinajstić information content (AvgIpc) is 3.03. The number of rotatable bonds is 6. The highest BCUT2D eigenvalue weighted by atomic mass is 32.2. The predicted octanol–water partition coefficient (Wildman–Crippen LogP) is 3.84. The molecule has 0 atom stereocenters. The molecule has 0 unspecified atom stereocenters. The molecule has 0 spiro atoms. The van der Waals surface area contributed by atoms with Crippen molar-refractivity contribution in [3.63, 3.8) is 0 Å². The highest BCUT2D eigenvalue weighted by Crippen LogP contribution is 2.31. The second-order valence-corrected chi connectivity index (χ2v) is 9.01. The molecule has 1 aromatic carbocycles. The number of hydrogen-bond acceptors (Lipinski definition) is 5. The van der Waals surface area contributed by atoms with Gasteiger partial charge in [0.2, 0.25) is 10.0 Å². The lowest BCUT2D eigenvalue weighted by molar-refractivity contribution is -0.153. The number of nitrogens with one attached hydrogen (secondary N) is 1. The minimum Gasteiger partial charge on any atom is -0.482 e. The first kappa shape index (κ1) is 23.0. The van der Waals surface area contributed by atoms with Crippen molar-refractivity contribution in [3.8, 4) is 5.75 Å². The first-order valence-electron chi connectivity index (χ1n) is 9.72. The molecule has 0 bridgehead atoms.